The molecule has 9 heteroatoms. The van der Waals surface area contributed by atoms with Crippen LogP contribution in [-0.4, -0.2) is 30.3 Å². The van der Waals surface area contributed by atoms with Gasteiger partial charge in [-0.25, -0.2) is 4.79 Å². The average molecular weight is 293 g/mol. The van der Waals surface area contributed by atoms with Gasteiger partial charge in [-0.1, -0.05) is 0 Å². The monoisotopic (exact) mass is 293 g/mol. The van der Waals surface area contributed by atoms with E-state index in [-0.39, 0.29) is 12.2 Å². The van der Waals surface area contributed by atoms with Gasteiger partial charge in [-0.05, 0) is 13.0 Å². The summed E-state index contributed by atoms with van der Waals surface area (Å²) >= 11 is 0. The van der Waals surface area contributed by atoms with Gasteiger partial charge in [0.15, 0.2) is 6.61 Å². The summed E-state index contributed by atoms with van der Waals surface area (Å²) in [6, 6.07) is 2.66. The van der Waals surface area contributed by atoms with Gasteiger partial charge < -0.3 is 9.47 Å². The van der Waals surface area contributed by atoms with Crippen LogP contribution >= 0.6 is 0 Å². The number of hydrogen-bond acceptors (Lipinski definition) is 5. The second-order valence-corrected chi connectivity index (χ2v) is 3.60. The largest absolute Gasteiger partial charge is 0.484 e. The normalized spacial score (nSPS) is 11.0. The third-order valence-corrected chi connectivity index (χ3v) is 2.02. The number of halogens is 3. The summed E-state index contributed by atoms with van der Waals surface area (Å²) in [6.45, 7) is -0.0625. The van der Waals surface area contributed by atoms with Crippen molar-refractivity contribution in [3.05, 3.63) is 33.9 Å². The summed E-state index contributed by atoms with van der Waals surface area (Å²) in [5.74, 6) is -1.31. The molecule has 0 spiro atoms. The molecule has 0 amide bonds. The van der Waals surface area contributed by atoms with E-state index in [4.69, 9.17) is 0 Å². The molecule has 0 aromatic heterocycles. The highest BCUT2D eigenvalue weighted by Crippen LogP contribution is 2.25. The fourth-order valence-electron chi connectivity index (χ4n) is 1.27. The first-order chi connectivity index (χ1) is 9.23. The minimum atomic E-state index is -4.59. The average Bonchev–Trinajstić information content (AvgIpc) is 2.35. The maximum Gasteiger partial charge on any atom is 0.422 e. The minimum absolute atomic E-state index is 0.0280. The Morgan fingerprint density at radius 1 is 1.35 bits per heavy atom. The molecule has 0 aliphatic rings. The van der Waals surface area contributed by atoms with E-state index in [0.29, 0.717) is 0 Å². The quantitative estimate of drug-likeness (QED) is 0.474. The summed E-state index contributed by atoms with van der Waals surface area (Å²) in [5, 5.41) is 10.7. The predicted octanol–water partition coefficient (Wildman–Crippen LogP) is 2.71. The molecule has 20 heavy (non-hydrogen) atoms. The highest BCUT2D eigenvalue weighted by atomic mass is 19.4. The second kappa shape index (κ2) is 6.22. The van der Waals surface area contributed by atoms with Gasteiger partial charge in [0.2, 0.25) is 0 Å². The molecule has 6 nitrogen and oxygen atoms in total. The number of carbonyl (C=O) groups is 1. The first-order valence-corrected chi connectivity index (χ1v) is 5.39. The number of nitro groups is 1. The smallest absolute Gasteiger partial charge is 0.422 e. The molecular weight excluding hydrogens is 283 g/mol. The van der Waals surface area contributed by atoms with E-state index in [0.717, 1.165) is 18.2 Å². The van der Waals surface area contributed by atoms with Crippen LogP contribution in [0, 0.1) is 10.1 Å². The molecule has 0 aliphatic heterocycles. The molecular formula is C11H10F3NO5. The van der Waals surface area contributed by atoms with Crippen LogP contribution in [0.3, 0.4) is 0 Å². The van der Waals surface area contributed by atoms with Gasteiger partial charge in [0.1, 0.15) is 5.75 Å². The van der Waals surface area contributed by atoms with Crippen LogP contribution in [0.15, 0.2) is 18.2 Å². The van der Waals surface area contributed by atoms with Crippen molar-refractivity contribution in [2.45, 2.75) is 13.1 Å². The SMILES string of the molecule is CCOC(=O)c1cc(OCC(F)(F)F)cc([N+](=O)[O-])c1. The number of ether oxygens (including phenoxy) is 2. The predicted molar refractivity (Wildman–Crippen MR) is 60.6 cm³/mol. The van der Waals surface area contributed by atoms with Crippen LogP contribution in [-0.2, 0) is 4.74 Å². The van der Waals surface area contributed by atoms with Gasteiger partial charge in [0.25, 0.3) is 5.69 Å². The lowest BCUT2D eigenvalue weighted by Crippen LogP contribution is -2.19. The molecule has 1 rings (SSSR count). The lowest BCUT2D eigenvalue weighted by Gasteiger charge is -2.10. The van der Waals surface area contributed by atoms with Crippen LogP contribution < -0.4 is 4.74 Å². The molecule has 110 valence electrons. The van der Waals surface area contributed by atoms with Gasteiger partial charge in [-0.3, -0.25) is 10.1 Å². The number of carbonyl (C=O) groups excluding carboxylic acids is 1. The molecule has 0 fully saturated rings. The number of rotatable bonds is 5. The Balaban J connectivity index is 3.05. The number of nitrogens with zero attached hydrogens (tertiary/aromatic N) is 1. The first kappa shape index (κ1) is 15.7. The van der Waals surface area contributed by atoms with E-state index in [9.17, 15) is 28.1 Å². The Kier molecular flexibility index (Phi) is 4.89. The third-order valence-electron chi connectivity index (χ3n) is 2.02. The van der Waals surface area contributed by atoms with Crippen LogP contribution in [0.4, 0.5) is 18.9 Å². The van der Waals surface area contributed by atoms with E-state index in [1.54, 1.807) is 0 Å². The summed E-state index contributed by atoms with van der Waals surface area (Å²) < 4.78 is 45.1. The minimum Gasteiger partial charge on any atom is -0.484 e. The molecule has 0 saturated carbocycles. The Morgan fingerprint density at radius 2 is 2.00 bits per heavy atom. The van der Waals surface area contributed by atoms with Crippen LogP contribution in [0.2, 0.25) is 0 Å². The van der Waals surface area contributed by atoms with Crippen molar-refractivity contribution in [1.82, 2.24) is 0 Å². The Hall–Kier alpha value is -2.32. The van der Waals surface area contributed by atoms with Crippen molar-refractivity contribution >= 4 is 11.7 Å². The zero-order valence-electron chi connectivity index (χ0n) is 10.3. The number of non-ortho nitro benzene ring substituents is 1. The molecule has 1 aromatic rings. The fraction of sp³-hybridized carbons (Fsp3) is 0.364. The van der Waals surface area contributed by atoms with Crippen molar-refractivity contribution in [2.24, 2.45) is 0 Å². The van der Waals surface area contributed by atoms with Crippen molar-refractivity contribution in [3.8, 4) is 5.75 Å². The van der Waals surface area contributed by atoms with Crippen molar-refractivity contribution in [1.29, 1.82) is 0 Å². The zero-order chi connectivity index (χ0) is 15.3. The molecule has 1 aromatic carbocycles. The van der Waals surface area contributed by atoms with Gasteiger partial charge in [-0.2, -0.15) is 13.2 Å². The third kappa shape index (κ3) is 4.75. The molecule has 0 aliphatic carbocycles. The number of nitro benzene ring substituents is 1. The Bertz CT molecular complexity index is 515. The zero-order valence-corrected chi connectivity index (χ0v) is 10.3. The van der Waals surface area contributed by atoms with Crippen LogP contribution in [0.5, 0.6) is 5.75 Å². The first-order valence-electron chi connectivity index (χ1n) is 5.39. The summed E-state index contributed by atoms with van der Waals surface area (Å²) in [6.07, 6.45) is -4.59. The fourth-order valence-corrected chi connectivity index (χ4v) is 1.27. The van der Waals surface area contributed by atoms with Gasteiger partial charge >= 0.3 is 12.1 Å². The maximum absolute atomic E-state index is 12.0. The number of benzene rings is 1. The summed E-state index contributed by atoms with van der Waals surface area (Å²) in [7, 11) is 0. The highest BCUT2D eigenvalue weighted by Gasteiger charge is 2.29. The van der Waals surface area contributed by atoms with Crippen molar-refractivity contribution < 1.29 is 32.4 Å². The maximum atomic E-state index is 12.0. The molecule has 0 heterocycles. The van der Waals surface area contributed by atoms with E-state index in [1.807, 2.05) is 0 Å². The summed E-state index contributed by atoms with van der Waals surface area (Å²) in [5.41, 5.74) is -0.814. The van der Waals surface area contributed by atoms with Gasteiger partial charge in [0.05, 0.1) is 23.2 Å². The topological polar surface area (TPSA) is 78.7 Å². The Labute approximate surface area is 111 Å². The molecule has 0 N–H and O–H groups in total. The van der Waals surface area contributed by atoms with Crippen LogP contribution in [0.1, 0.15) is 17.3 Å². The van der Waals surface area contributed by atoms with Gasteiger partial charge in [-0.15, -0.1) is 0 Å². The summed E-state index contributed by atoms with van der Waals surface area (Å²) in [4.78, 5) is 21.3. The molecule has 0 saturated heterocycles. The molecule has 0 unspecified atom stereocenters. The molecule has 0 bridgehead atoms. The van der Waals surface area contributed by atoms with Crippen molar-refractivity contribution in [2.75, 3.05) is 13.2 Å². The molecule has 0 atom stereocenters. The van der Waals surface area contributed by atoms with E-state index < -0.39 is 35.1 Å². The highest BCUT2D eigenvalue weighted by molar-refractivity contribution is 5.90. The lowest BCUT2D eigenvalue weighted by molar-refractivity contribution is -0.385. The van der Waals surface area contributed by atoms with E-state index >= 15 is 0 Å². The number of alkyl halides is 3. The lowest BCUT2D eigenvalue weighted by atomic mass is 10.2. The second-order valence-electron chi connectivity index (χ2n) is 3.60. The van der Waals surface area contributed by atoms with Crippen molar-refractivity contribution in [3.63, 3.8) is 0 Å². The number of esters is 1. The van der Waals surface area contributed by atoms with Gasteiger partial charge in [0, 0.05) is 6.07 Å². The standard InChI is InChI=1S/C11H10F3NO5/c1-2-19-10(16)7-3-8(15(17)18)5-9(4-7)20-6-11(12,13)14/h3-5H,2,6H2,1H3. The van der Waals surface area contributed by atoms with Crippen LogP contribution in [0.25, 0.3) is 0 Å². The number of hydrogen-bond donors (Lipinski definition) is 0. The van der Waals surface area contributed by atoms with E-state index in [2.05, 4.69) is 9.47 Å². The molecule has 0 radical (unpaired) electrons. The Morgan fingerprint density at radius 3 is 2.50 bits per heavy atom. The van der Waals surface area contributed by atoms with E-state index in [1.165, 1.54) is 6.92 Å².